The molecule has 1 heterocycles. The summed E-state index contributed by atoms with van der Waals surface area (Å²) in [6.07, 6.45) is 0. The monoisotopic (exact) mass is 276 g/mol. The largest absolute Gasteiger partial charge is 0.380 e. The van der Waals surface area contributed by atoms with Gasteiger partial charge in [-0.25, -0.2) is 0 Å². The van der Waals surface area contributed by atoms with Gasteiger partial charge in [-0.2, -0.15) is 0 Å². The minimum Gasteiger partial charge on any atom is -0.380 e. The van der Waals surface area contributed by atoms with E-state index in [0.717, 1.165) is 11.3 Å². The Hall–Kier alpha value is -1.88. The molecule has 1 unspecified atom stereocenters. The summed E-state index contributed by atoms with van der Waals surface area (Å²) in [5.41, 5.74) is 1.66. The van der Waals surface area contributed by atoms with E-state index >= 15 is 0 Å². The van der Waals surface area contributed by atoms with Crippen molar-refractivity contribution in [3.8, 4) is 0 Å². The Bertz CT molecular complexity index is 514. The number of hydrogen-bond donors (Lipinski definition) is 1. The molecule has 0 spiro atoms. The van der Waals surface area contributed by atoms with E-state index in [4.69, 9.17) is 4.74 Å². The fourth-order valence-corrected chi connectivity index (χ4v) is 2.53. The third-order valence-corrected chi connectivity index (χ3v) is 3.41. The molecule has 2 rings (SSSR count). The topological polar surface area (TPSA) is 58.6 Å². The number of anilines is 1. The lowest BCUT2D eigenvalue weighted by atomic mass is 9.97. The van der Waals surface area contributed by atoms with Gasteiger partial charge in [-0.05, 0) is 12.0 Å². The van der Waals surface area contributed by atoms with Crippen LogP contribution >= 0.6 is 0 Å². The summed E-state index contributed by atoms with van der Waals surface area (Å²) in [7, 11) is 1.61. The van der Waals surface area contributed by atoms with Gasteiger partial charge in [0.15, 0.2) is 0 Å². The van der Waals surface area contributed by atoms with E-state index in [1.54, 1.807) is 12.0 Å². The molecule has 1 saturated heterocycles. The molecular formula is C15H20N2O3. The van der Waals surface area contributed by atoms with E-state index in [1.165, 1.54) is 0 Å². The van der Waals surface area contributed by atoms with Crippen LogP contribution in [0.25, 0.3) is 0 Å². The van der Waals surface area contributed by atoms with Crippen LogP contribution in [0.15, 0.2) is 24.3 Å². The second-order valence-electron chi connectivity index (χ2n) is 5.23. The third-order valence-electron chi connectivity index (χ3n) is 3.41. The molecule has 108 valence electrons. The van der Waals surface area contributed by atoms with Crippen molar-refractivity contribution in [3.05, 3.63) is 29.8 Å². The zero-order valence-electron chi connectivity index (χ0n) is 12.1. The van der Waals surface area contributed by atoms with Gasteiger partial charge in [-0.15, -0.1) is 0 Å². The average molecular weight is 276 g/mol. The van der Waals surface area contributed by atoms with E-state index in [9.17, 15) is 9.59 Å². The molecular weight excluding hydrogens is 256 g/mol. The minimum absolute atomic E-state index is 0.0369. The van der Waals surface area contributed by atoms with Crippen LogP contribution in [-0.4, -0.2) is 31.5 Å². The van der Waals surface area contributed by atoms with Gasteiger partial charge in [0.25, 0.3) is 0 Å². The summed E-state index contributed by atoms with van der Waals surface area (Å²) in [5, 5.41) is 2.65. The maximum Gasteiger partial charge on any atom is 0.247 e. The van der Waals surface area contributed by atoms with Gasteiger partial charge in [0.05, 0.1) is 18.8 Å². The normalized spacial score (nSPS) is 19.4. The number of rotatable bonds is 4. The SMILES string of the molecule is COCc1ccccc1N1C(=O)CNC(=O)C1C(C)C. The average Bonchev–Trinajstić information content (AvgIpc) is 2.42. The molecule has 1 aliphatic heterocycles. The Morgan fingerprint density at radius 3 is 2.70 bits per heavy atom. The number of carbonyl (C=O) groups excluding carboxylic acids is 2. The molecule has 1 atom stereocenters. The molecule has 0 radical (unpaired) electrons. The lowest BCUT2D eigenvalue weighted by Gasteiger charge is -2.38. The van der Waals surface area contributed by atoms with Crippen LogP contribution in [0.5, 0.6) is 0 Å². The van der Waals surface area contributed by atoms with Crippen LogP contribution in [0, 0.1) is 5.92 Å². The first-order valence-corrected chi connectivity index (χ1v) is 6.73. The third kappa shape index (κ3) is 2.67. The van der Waals surface area contributed by atoms with Crippen LogP contribution in [-0.2, 0) is 20.9 Å². The highest BCUT2D eigenvalue weighted by molar-refractivity contribution is 6.07. The lowest BCUT2D eigenvalue weighted by molar-refractivity contribution is -0.131. The van der Waals surface area contributed by atoms with Crippen LogP contribution in [0.2, 0.25) is 0 Å². The molecule has 20 heavy (non-hydrogen) atoms. The number of amides is 2. The van der Waals surface area contributed by atoms with Crippen LogP contribution in [0.4, 0.5) is 5.69 Å². The Labute approximate surface area is 118 Å². The zero-order valence-corrected chi connectivity index (χ0v) is 12.1. The number of carbonyl (C=O) groups is 2. The summed E-state index contributed by atoms with van der Waals surface area (Å²) >= 11 is 0. The summed E-state index contributed by atoms with van der Waals surface area (Å²) in [4.78, 5) is 26.0. The molecule has 1 N–H and O–H groups in total. The van der Waals surface area contributed by atoms with Crippen LogP contribution < -0.4 is 10.2 Å². The zero-order chi connectivity index (χ0) is 14.7. The van der Waals surface area contributed by atoms with Crippen molar-refractivity contribution in [2.45, 2.75) is 26.5 Å². The molecule has 1 aliphatic rings. The number of methoxy groups -OCH3 is 1. The summed E-state index contributed by atoms with van der Waals surface area (Å²) in [6.45, 7) is 4.33. The second-order valence-corrected chi connectivity index (χ2v) is 5.23. The highest BCUT2D eigenvalue weighted by atomic mass is 16.5. The fourth-order valence-electron chi connectivity index (χ4n) is 2.53. The predicted octanol–water partition coefficient (Wildman–Crippen LogP) is 1.32. The quantitative estimate of drug-likeness (QED) is 0.902. The summed E-state index contributed by atoms with van der Waals surface area (Å²) in [6, 6.07) is 7.06. The van der Waals surface area contributed by atoms with Crippen molar-refractivity contribution in [2.75, 3.05) is 18.6 Å². The van der Waals surface area contributed by atoms with Crippen molar-refractivity contribution in [1.82, 2.24) is 5.32 Å². The van der Waals surface area contributed by atoms with Crippen molar-refractivity contribution in [2.24, 2.45) is 5.92 Å². The summed E-state index contributed by atoms with van der Waals surface area (Å²) < 4.78 is 5.18. The smallest absolute Gasteiger partial charge is 0.247 e. The van der Waals surface area contributed by atoms with Gasteiger partial charge in [-0.1, -0.05) is 32.0 Å². The molecule has 1 fully saturated rings. The highest BCUT2D eigenvalue weighted by Gasteiger charge is 2.38. The molecule has 1 aromatic rings. The van der Waals surface area contributed by atoms with Crippen molar-refractivity contribution in [1.29, 1.82) is 0 Å². The van der Waals surface area contributed by atoms with E-state index in [1.807, 2.05) is 38.1 Å². The molecule has 1 aromatic carbocycles. The van der Waals surface area contributed by atoms with Gasteiger partial charge in [0.1, 0.15) is 6.04 Å². The van der Waals surface area contributed by atoms with Gasteiger partial charge in [-0.3, -0.25) is 14.5 Å². The van der Waals surface area contributed by atoms with Gasteiger partial charge >= 0.3 is 0 Å². The predicted molar refractivity (Wildman–Crippen MR) is 76.3 cm³/mol. The number of benzene rings is 1. The maximum absolute atomic E-state index is 12.3. The first kappa shape index (κ1) is 14.5. The standard InChI is InChI=1S/C15H20N2O3/c1-10(2)14-15(19)16-8-13(18)17(14)12-7-5-4-6-11(12)9-20-3/h4-7,10,14H,8-9H2,1-3H3,(H,16,19). The minimum atomic E-state index is -0.478. The Morgan fingerprint density at radius 1 is 1.35 bits per heavy atom. The highest BCUT2D eigenvalue weighted by Crippen LogP contribution is 2.27. The summed E-state index contributed by atoms with van der Waals surface area (Å²) in [5.74, 6) is -0.159. The van der Waals surface area contributed by atoms with E-state index < -0.39 is 6.04 Å². The Kier molecular flexibility index (Phi) is 4.39. The van der Waals surface area contributed by atoms with Crippen molar-refractivity contribution < 1.29 is 14.3 Å². The van der Waals surface area contributed by atoms with Gasteiger partial charge in [0, 0.05) is 12.7 Å². The fraction of sp³-hybridized carbons (Fsp3) is 0.467. The first-order valence-electron chi connectivity index (χ1n) is 6.73. The van der Waals surface area contributed by atoms with Crippen molar-refractivity contribution in [3.63, 3.8) is 0 Å². The van der Waals surface area contributed by atoms with Crippen molar-refractivity contribution >= 4 is 17.5 Å². The molecule has 5 nitrogen and oxygen atoms in total. The molecule has 5 heteroatoms. The Morgan fingerprint density at radius 2 is 2.05 bits per heavy atom. The van der Waals surface area contributed by atoms with E-state index in [-0.39, 0.29) is 24.3 Å². The number of nitrogens with one attached hydrogen (secondary N) is 1. The van der Waals surface area contributed by atoms with E-state index in [2.05, 4.69) is 5.32 Å². The number of piperazine rings is 1. The number of hydrogen-bond acceptors (Lipinski definition) is 3. The van der Waals surface area contributed by atoms with Crippen LogP contribution in [0.1, 0.15) is 19.4 Å². The number of para-hydroxylation sites is 1. The second kappa shape index (κ2) is 6.05. The van der Waals surface area contributed by atoms with Gasteiger partial charge in [0.2, 0.25) is 11.8 Å². The lowest BCUT2D eigenvalue weighted by Crippen LogP contribution is -2.60. The Balaban J connectivity index is 2.46. The molecule has 2 amide bonds. The maximum atomic E-state index is 12.3. The first-order chi connectivity index (χ1) is 9.56. The van der Waals surface area contributed by atoms with Gasteiger partial charge < -0.3 is 10.1 Å². The molecule has 0 bridgehead atoms. The van der Waals surface area contributed by atoms with Crippen LogP contribution in [0.3, 0.4) is 0 Å². The molecule has 0 saturated carbocycles. The number of nitrogens with zero attached hydrogens (tertiary/aromatic N) is 1. The molecule has 0 aromatic heterocycles. The van der Waals surface area contributed by atoms with E-state index in [0.29, 0.717) is 6.61 Å². The number of ether oxygens (including phenoxy) is 1. The molecule has 0 aliphatic carbocycles.